The molecule has 0 saturated carbocycles. The van der Waals surface area contributed by atoms with Gasteiger partial charge in [0, 0.05) is 50.4 Å². The van der Waals surface area contributed by atoms with Gasteiger partial charge in [0.05, 0.1) is 36.6 Å². The van der Waals surface area contributed by atoms with E-state index in [2.05, 4.69) is 46.0 Å². The summed E-state index contributed by atoms with van der Waals surface area (Å²) in [5, 5.41) is 14.0. The second-order valence-corrected chi connectivity index (χ2v) is 7.74. The Kier molecular flexibility index (Phi) is 6.76. The summed E-state index contributed by atoms with van der Waals surface area (Å²) in [5.74, 6) is 0.850. The number of hydrogen-bond donors (Lipinski definition) is 1. The van der Waals surface area contributed by atoms with Gasteiger partial charge in [0.1, 0.15) is 11.8 Å². The predicted octanol–water partition coefficient (Wildman–Crippen LogP) is 4.34. The van der Waals surface area contributed by atoms with E-state index in [1.54, 1.807) is 0 Å². The van der Waals surface area contributed by atoms with Crippen LogP contribution in [-0.4, -0.2) is 56.0 Å². The first-order chi connectivity index (χ1) is 15.2. The summed E-state index contributed by atoms with van der Waals surface area (Å²) in [6, 6.07) is 16.7. The quantitative estimate of drug-likeness (QED) is 0.551. The van der Waals surface area contributed by atoms with Gasteiger partial charge in [-0.05, 0) is 43.2 Å². The summed E-state index contributed by atoms with van der Waals surface area (Å²) in [6.07, 6.45) is 0.985. The van der Waals surface area contributed by atoms with Crippen LogP contribution in [0.5, 0.6) is 5.75 Å². The van der Waals surface area contributed by atoms with E-state index in [1.165, 1.54) is 0 Å². The molecular formula is C25H30N4O2. The Morgan fingerprint density at radius 1 is 1.13 bits per heavy atom. The van der Waals surface area contributed by atoms with Crippen molar-refractivity contribution >= 4 is 16.6 Å². The zero-order chi connectivity index (χ0) is 21.6. The third-order valence-corrected chi connectivity index (χ3v) is 5.90. The van der Waals surface area contributed by atoms with Crippen molar-refractivity contribution < 1.29 is 9.47 Å². The van der Waals surface area contributed by atoms with Gasteiger partial charge in [-0.2, -0.15) is 5.26 Å². The maximum Gasteiger partial charge on any atom is 0.121 e. The number of hydrogen-bond acceptors (Lipinski definition) is 5. The molecule has 0 bridgehead atoms. The standard InChI is InChI=1S/C25H30N4O2/c1-3-29-24-17-21(31-14-4-11-28-12-15-30-16-13-28)9-10-22(24)23(18-26)25(29)19-5-7-20(27-2)8-6-19/h5-10,17,27H,3-4,11-16H2,1-2H3. The van der Waals surface area contributed by atoms with Crippen LogP contribution in [0.2, 0.25) is 0 Å². The molecule has 2 aromatic carbocycles. The van der Waals surface area contributed by atoms with Crippen molar-refractivity contribution in [3.8, 4) is 23.1 Å². The van der Waals surface area contributed by atoms with E-state index in [1.807, 2.05) is 31.3 Å². The van der Waals surface area contributed by atoms with Crippen LogP contribution in [0, 0.1) is 11.3 Å². The SMILES string of the molecule is CCn1c(-c2ccc(NC)cc2)c(C#N)c2ccc(OCCCN3CCOCC3)cc21. The molecule has 162 valence electrons. The summed E-state index contributed by atoms with van der Waals surface area (Å²) >= 11 is 0. The first-order valence-corrected chi connectivity index (χ1v) is 11.0. The average molecular weight is 419 g/mol. The number of nitrogens with one attached hydrogen (secondary N) is 1. The molecule has 2 heterocycles. The highest BCUT2D eigenvalue weighted by Gasteiger charge is 2.18. The van der Waals surface area contributed by atoms with Crippen LogP contribution in [0.15, 0.2) is 42.5 Å². The lowest BCUT2D eigenvalue weighted by Gasteiger charge is -2.26. The molecule has 1 saturated heterocycles. The molecule has 1 aliphatic heterocycles. The number of nitrogens with zero attached hydrogens (tertiary/aromatic N) is 3. The molecule has 0 unspecified atom stereocenters. The van der Waals surface area contributed by atoms with Crippen molar-refractivity contribution in [1.82, 2.24) is 9.47 Å². The number of anilines is 1. The number of rotatable bonds is 8. The van der Waals surface area contributed by atoms with Gasteiger partial charge in [-0.1, -0.05) is 12.1 Å². The second-order valence-electron chi connectivity index (χ2n) is 7.74. The van der Waals surface area contributed by atoms with Crippen LogP contribution < -0.4 is 10.1 Å². The van der Waals surface area contributed by atoms with Crippen molar-refractivity contribution in [3.05, 3.63) is 48.0 Å². The maximum atomic E-state index is 9.93. The molecule has 0 radical (unpaired) electrons. The van der Waals surface area contributed by atoms with Crippen LogP contribution in [0.25, 0.3) is 22.2 Å². The Morgan fingerprint density at radius 3 is 2.58 bits per heavy atom. The molecule has 0 amide bonds. The number of benzene rings is 2. The number of aryl methyl sites for hydroxylation is 1. The summed E-state index contributed by atoms with van der Waals surface area (Å²) in [4.78, 5) is 2.42. The molecule has 1 N–H and O–H groups in total. The molecule has 3 aromatic rings. The minimum absolute atomic E-state index is 0.680. The number of fused-ring (bicyclic) bond motifs is 1. The smallest absolute Gasteiger partial charge is 0.121 e. The Labute approximate surface area is 184 Å². The van der Waals surface area contributed by atoms with E-state index in [9.17, 15) is 5.26 Å². The molecule has 6 heteroatoms. The predicted molar refractivity (Wildman–Crippen MR) is 125 cm³/mol. The first kappa shape index (κ1) is 21.2. The summed E-state index contributed by atoms with van der Waals surface area (Å²) in [5.41, 5.74) is 4.81. The van der Waals surface area contributed by atoms with Gasteiger partial charge in [-0.3, -0.25) is 4.90 Å². The van der Waals surface area contributed by atoms with Crippen molar-refractivity contribution in [2.75, 3.05) is 51.8 Å². The molecule has 31 heavy (non-hydrogen) atoms. The highest BCUT2D eigenvalue weighted by Crippen LogP contribution is 2.35. The zero-order valence-corrected chi connectivity index (χ0v) is 18.4. The van der Waals surface area contributed by atoms with Crippen LogP contribution >= 0.6 is 0 Å². The molecule has 0 spiro atoms. The molecule has 1 fully saturated rings. The highest BCUT2D eigenvalue weighted by atomic mass is 16.5. The molecule has 1 aromatic heterocycles. The van der Waals surface area contributed by atoms with E-state index in [0.29, 0.717) is 12.2 Å². The Bertz CT molecular complexity index is 1060. The third kappa shape index (κ3) is 4.53. The fourth-order valence-corrected chi connectivity index (χ4v) is 4.26. The summed E-state index contributed by atoms with van der Waals surface area (Å²) < 4.78 is 13.7. The minimum atomic E-state index is 0.680. The topological polar surface area (TPSA) is 62.5 Å². The van der Waals surface area contributed by atoms with Crippen LogP contribution in [-0.2, 0) is 11.3 Å². The molecule has 0 atom stereocenters. The largest absolute Gasteiger partial charge is 0.493 e. The van der Waals surface area contributed by atoms with Crippen LogP contribution in [0.3, 0.4) is 0 Å². The summed E-state index contributed by atoms with van der Waals surface area (Å²) in [7, 11) is 1.90. The first-order valence-electron chi connectivity index (χ1n) is 11.0. The highest BCUT2D eigenvalue weighted by molar-refractivity contribution is 5.95. The molecule has 6 nitrogen and oxygen atoms in total. The van der Waals surface area contributed by atoms with Crippen molar-refractivity contribution in [2.45, 2.75) is 19.9 Å². The van der Waals surface area contributed by atoms with E-state index in [-0.39, 0.29) is 0 Å². The second kappa shape index (κ2) is 9.86. The van der Waals surface area contributed by atoms with E-state index in [0.717, 1.165) is 79.4 Å². The van der Waals surface area contributed by atoms with Gasteiger partial charge >= 0.3 is 0 Å². The lowest BCUT2D eigenvalue weighted by molar-refractivity contribution is 0.0358. The molecule has 4 rings (SSSR count). The number of aromatic nitrogens is 1. The molecule has 0 aliphatic carbocycles. The minimum Gasteiger partial charge on any atom is -0.493 e. The Hall–Kier alpha value is -3.01. The number of morpholine rings is 1. The third-order valence-electron chi connectivity index (χ3n) is 5.90. The van der Waals surface area contributed by atoms with Crippen molar-refractivity contribution in [2.24, 2.45) is 0 Å². The van der Waals surface area contributed by atoms with E-state index >= 15 is 0 Å². The number of ether oxygens (including phenoxy) is 2. The summed E-state index contributed by atoms with van der Waals surface area (Å²) in [6.45, 7) is 8.26. The van der Waals surface area contributed by atoms with Crippen molar-refractivity contribution in [3.63, 3.8) is 0 Å². The monoisotopic (exact) mass is 418 g/mol. The fourth-order valence-electron chi connectivity index (χ4n) is 4.26. The maximum absolute atomic E-state index is 9.93. The van der Waals surface area contributed by atoms with Crippen LogP contribution in [0.4, 0.5) is 5.69 Å². The van der Waals surface area contributed by atoms with Crippen molar-refractivity contribution in [1.29, 1.82) is 5.26 Å². The van der Waals surface area contributed by atoms with Gasteiger partial charge in [0.25, 0.3) is 0 Å². The van der Waals surface area contributed by atoms with Gasteiger partial charge in [-0.15, -0.1) is 0 Å². The zero-order valence-electron chi connectivity index (χ0n) is 18.4. The number of nitriles is 1. The normalized spacial score (nSPS) is 14.5. The lowest BCUT2D eigenvalue weighted by atomic mass is 10.1. The van der Waals surface area contributed by atoms with Gasteiger partial charge < -0.3 is 19.4 Å². The van der Waals surface area contributed by atoms with Gasteiger partial charge in [-0.25, -0.2) is 0 Å². The molecular weight excluding hydrogens is 388 g/mol. The lowest BCUT2D eigenvalue weighted by Crippen LogP contribution is -2.37. The van der Waals surface area contributed by atoms with E-state index in [4.69, 9.17) is 9.47 Å². The van der Waals surface area contributed by atoms with E-state index < -0.39 is 0 Å². The van der Waals surface area contributed by atoms with Crippen LogP contribution in [0.1, 0.15) is 18.9 Å². The van der Waals surface area contributed by atoms with Gasteiger partial charge in [0.15, 0.2) is 0 Å². The fraction of sp³-hybridized carbons (Fsp3) is 0.400. The molecule has 1 aliphatic rings. The Morgan fingerprint density at radius 2 is 1.90 bits per heavy atom. The average Bonchev–Trinajstić information content (AvgIpc) is 3.15. The van der Waals surface area contributed by atoms with Gasteiger partial charge in [0.2, 0.25) is 0 Å². The Balaban J connectivity index is 1.56.